The summed E-state index contributed by atoms with van der Waals surface area (Å²) in [6, 6.07) is 12.2. The van der Waals surface area contributed by atoms with E-state index in [4.69, 9.17) is 0 Å². The van der Waals surface area contributed by atoms with E-state index in [0.29, 0.717) is 5.69 Å². The van der Waals surface area contributed by atoms with Gasteiger partial charge >= 0.3 is 0 Å². The lowest BCUT2D eigenvalue weighted by Crippen LogP contribution is -2.27. The molecule has 2 heterocycles. The fraction of sp³-hybridized carbons (Fsp3) is 0.364. The first kappa shape index (κ1) is 17.7. The Hall–Kier alpha value is -2.66. The number of aromatic nitrogens is 2. The van der Waals surface area contributed by atoms with Crippen LogP contribution in [0.1, 0.15) is 47.5 Å². The Morgan fingerprint density at radius 2 is 1.93 bits per heavy atom. The van der Waals surface area contributed by atoms with Crippen LogP contribution >= 0.6 is 0 Å². The Morgan fingerprint density at radius 1 is 1.19 bits per heavy atom. The highest BCUT2D eigenvalue weighted by atomic mass is 16.3. The smallest absolute Gasteiger partial charge is 0.253 e. The van der Waals surface area contributed by atoms with Crippen molar-refractivity contribution in [2.45, 2.75) is 32.3 Å². The van der Waals surface area contributed by atoms with Crippen molar-refractivity contribution in [1.82, 2.24) is 14.9 Å². The standard InChI is InChI=1S/C22H25N3O2/c1-15(21(26)20-13-23-14-24-20)10-16-4-5-18-12-19(7-6-17(18)11-16)22(27)25-8-2-3-9-25/h4-7,11-15,21,26H,2-3,8-10H2,1H3,(H,23,24). The summed E-state index contributed by atoms with van der Waals surface area (Å²) < 4.78 is 0. The maximum Gasteiger partial charge on any atom is 0.253 e. The number of H-pyrrole nitrogens is 1. The molecular weight excluding hydrogens is 338 g/mol. The molecule has 2 N–H and O–H groups in total. The van der Waals surface area contributed by atoms with Gasteiger partial charge in [-0.3, -0.25) is 4.79 Å². The van der Waals surface area contributed by atoms with Gasteiger partial charge in [0.05, 0.1) is 12.0 Å². The second kappa shape index (κ2) is 7.53. The molecule has 0 aliphatic carbocycles. The van der Waals surface area contributed by atoms with Crippen LogP contribution in [0.3, 0.4) is 0 Å². The predicted octanol–water partition coefficient (Wildman–Crippen LogP) is 3.71. The summed E-state index contributed by atoms with van der Waals surface area (Å²) in [6.07, 6.45) is 5.70. The van der Waals surface area contributed by atoms with Gasteiger partial charge in [0.1, 0.15) is 6.10 Å². The molecule has 5 heteroatoms. The molecule has 3 aromatic rings. The molecule has 1 aliphatic heterocycles. The van der Waals surface area contributed by atoms with Gasteiger partial charge in [0.25, 0.3) is 5.91 Å². The van der Waals surface area contributed by atoms with Crippen LogP contribution in [0.15, 0.2) is 48.9 Å². The molecule has 4 rings (SSSR count). The number of nitrogens with one attached hydrogen (secondary N) is 1. The zero-order valence-electron chi connectivity index (χ0n) is 15.6. The van der Waals surface area contributed by atoms with Crippen molar-refractivity contribution in [3.8, 4) is 0 Å². The van der Waals surface area contributed by atoms with Gasteiger partial charge in [-0.15, -0.1) is 0 Å². The second-order valence-corrected chi connectivity index (χ2v) is 7.52. The van der Waals surface area contributed by atoms with Gasteiger partial charge in [-0.25, -0.2) is 4.98 Å². The molecule has 140 valence electrons. The number of carbonyl (C=O) groups is 1. The molecule has 27 heavy (non-hydrogen) atoms. The lowest BCUT2D eigenvalue weighted by Gasteiger charge is -2.18. The van der Waals surface area contributed by atoms with Crippen molar-refractivity contribution in [2.75, 3.05) is 13.1 Å². The number of hydrogen-bond acceptors (Lipinski definition) is 3. The van der Waals surface area contributed by atoms with Gasteiger partial charge in [0, 0.05) is 24.8 Å². The third-order valence-corrected chi connectivity index (χ3v) is 5.46. The molecule has 1 amide bonds. The number of fused-ring (bicyclic) bond motifs is 1. The highest BCUT2D eigenvalue weighted by molar-refractivity contribution is 5.98. The molecule has 5 nitrogen and oxygen atoms in total. The van der Waals surface area contributed by atoms with Gasteiger partial charge in [-0.05, 0) is 53.6 Å². The van der Waals surface area contributed by atoms with Crippen LogP contribution in [-0.2, 0) is 6.42 Å². The number of likely N-dealkylation sites (tertiary alicyclic amines) is 1. The molecule has 0 saturated carbocycles. The van der Waals surface area contributed by atoms with Crippen LogP contribution < -0.4 is 0 Å². The van der Waals surface area contributed by atoms with Crippen LogP contribution in [0.25, 0.3) is 10.8 Å². The van der Waals surface area contributed by atoms with Crippen molar-refractivity contribution < 1.29 is 9.90 Å². The topological polar surface area (TPSA) is 69.2 Å². The molecule has 2 atom stereocenters. The number of rotatable bonds is 5. The van der Waals surface area contributed by atoms with E-state index in [9.17, 15) is 9.90 Å². The van der Waals surface area contributed by atoms with Gasteiger partial charge in [-0.2, -0.15) is 0 Å². The molecule has 1 saturated heterocycles. The summed E-state index contributed by atoms with van der Waals surface area (Å²) in [4.78, 5) is 21.6. The van der Waals surface area contributed by atoms with Crippen LogP contribution in [-0.4, -0.2) is 39.0 Å². The maximum atomic E-state index is 12.6. The molecule has 0 bridgehead atoms. The molecule has 0 radical (unpaired) electrons. The van der Waals surface area contributed by atoms with E-state index in [-0.39, 0.29) is 11.8 Å². The van der Waals surface area contributed by atoms with Gasteiger partial charge in [0.15, 0.2) is 0 Å². The number of aliphatic hydroxyl groups excluding tert-OH is 1. The third kappa shape index (κ3) is 3.74. The Balaban J connectivity index is 1.50. The molecule has 1 aliphatic rings. The van der Waals surface area contributed by atoms with E-state index in [1.165, 1.54) is 5.56 Å². The van der Waals surface area contributed by atoms with E-state index in [2.05, 4.69) is 28.2 Å². The lowest BCUT2D eigenvalue weighted by molar-refractivity contribution is 0.0793. The number of aromatic amines is 1. The van der Waals surface area contributed by atoms with Crippen LogP contribution in [0.5, 0.6) is 0 Å². The molecular formula is C22H25N3O2. The summed E-state index contributed by atoms with van der Waals surface area (Å²) in [5, 5.41) is 12.6. The van der Waals surface area contributed by atoms with Gasteiger partial charge < -0.3 is 15.0 Å². The highest BCUT2D eigenvalue weighted by Crippen LogP contribution is 2.26. The zero-order chi connectivity index (χ0) is 18.8. The number of carbonyl (C=O) groups excluding carboxylic acids is 1. The first-order valence-corrected chi connectivity index (χ1v) is 9.60. The van der Waals surface area contributed by atoms with Gasteiger partial charge in [0.2, 0.25) is 0 Å². The molecule has 0 spiro atoms. The maximum absolute atomic E-state index is 12.6. The SMILES string of the molecule is CC(Cc1ccc2cc(C(=O)N3CCCC3)ccc2c1)C(O)c1c[nH]cn1. The number of hydrogen-bond donors (Lipinski definition) is 2. The monoisotopic (exact) mass is 363 g/mol. The Labute approximate surface area is 159 Å². The largest absolute Gasteiger partial charge is 0.386 e. The minimum atomic E-state index is -0.590. The van der Waals surface area contributed by atoms with Crippen LogP contribution in [0.2, 0.25) is 0 Å². The summed E-state index contributed by atoms with van der Waals surface area (Å²) in [5.74, 6) is 0.191. The second-order valence-electron chi connectivity index (χ2n) is 7.52. The van der Waals surface area contributed by atoms with Crippen molar-refractivity contribution in [1.29, 1.82) is 0 Å². The van der Waals surface area contributed by atoms with Crippen molar-refractivity contribution >= 4 is 16.7 Å². The van der Waals surface area contributed by atoms with E-state index < -0.39 is 6.10 Å². The third-order valence-electron chi connectivity index (χ3n) is 5.46. The number of nitrogens with zero attached hydrogens (tertiary/aromatic N) is 2. The van der Waals surface area contributed by atoms with Crippen LogP contribution in [0.4, 0.5) is 0 Å². The number of aliphatic hydroxyl groups is 1. The average Bonchev–Trinajstić information content (AvgIpc) is 3.40. The Kier molecular flexibility index (Phi) is 4.94. The number of benzene rings is 2. The molecule has 2 aromatic carbocycles. The molecule has 2 unspecified atom stereocenters. The molecule has 1 fully saturated rings. The minimum absolute atomic E-state index is 0.0572. The van der Waals surface area contributed by atoms with E-state index in [1.54, 1.807) is 12.5 Å². The van der Waals surface area contributed by atoms with Crippen molar-refractivity contribution in [3.63, 3.8) is 0 Å². The fourth-order valence-electron chi connectivity index (χ4n) is 3.87. The minimum Gasteiger partial charge on any atom is -0.386 e. The average molecular weight is 363 g/mol. The first-order chi connectivity index (χ1) is 13.1. The van der Waals surface area contributed by atoms with E-state index in [1.807, 2.05) is 30.0 Å². The number of imidazole rings is 1. The van der Waals surface area contributed by atoms with Crippen molar-refractivity contribution in [2.24, 2.45) is 5.92 Å². The molecule has 1 aromatic heterocycles. The summed E-state index contributed by atoms with van der Waals surface area (Å²) >= 11 is 0. The summed E-state index contributed by atoms with van der Waals surface area (Å²) in [5.41, 5.74) is 2.61. The first-order valence-electron chi connectivity index (χ1n) is 9.60. The number of amides is 1. The van der Waals surface area contributed by atoms with Crippen molar-refractivity contribution in [3.05, 3.63) is 65.7 Å². The fourth-order valence-corrected chi connectivity index (χ4v) is 3.87. The quantitative estimate of drug-likeness (QED) is 0.726. The summed E-state index contributed by atoms with van der Waals surface area (Å²) in [7, 11) is 0. The van der Waals surface area contributed by atoms with Gasteiger partial charge in [-0.1, -0.05) is 31.2 Å². The normalized spacial score (nSPS) is 16.6. The Morgan fingerprint density at radius 3 is 2.67 bits per heavy atom. The van der Waals surface area contributed by atoms with E-state index in [0.717, 1.165) is 48.7 Å². The van der Waals surface area contributed by atoms with E-state index >= 15 is 0 Å². The lowest BCUT2D eigenvalue weighted by atomic mass is 9.93. The Bertz CT molecular complexity index is 930. The predicted molar refractivity (Wildman–Crippen MR) is 106 cm³/mol. The van der Waals surface area contributed by atoms with Crippen LogP contribution in [0, 0.1) is 5.92 Å². The highest BCUT2D eigenvalue weighted by Gasteiger charge is 2.20. The summed E-state index contributed by atoms with van der Waals surface area (Å²) in [6.45, 7) is 3.76. The zero-order valence-corrected chi connectivity index (χ0v) is 15.6.